The number of hydrogen-bond donors (Lipinski definition) is 0. The van der Waals surface area contributed by atoms with Gasteiger partial charge in [-0.05, 0) is 30.3 Å². The Kier molecular flexibility index (Phi) is 4.18. The molecule has 4 heterocycles. The summed E-state index contributed by atoms with van der Waals surface area (Å²) < 4.78 is 9.81. The fourth-order valence-electron chi connectivity index (χ4n) is 5.99. The molecule has 0 amide bonds. The first-order valence-electron chi connectivity index (χ1n) is 12.9. The SMILES string of the molecule is c1ccc(-c2nc(-n3c4ccccc4c4c5c(ccc43)oc3ccccc35)c3c(n2)sc2ccccc23)cc1. The predicted molar refractivity (Wildman–Crippen MR) is 162 cm³/mol. The summed E-state index contributed by atoms with van der Waals surface area (Å²) in [6.07, 6.45) is 0. The van der Waals surface area contributed by atoms with E-state index >= 15 is 0 Å². The molecule has 4 nitrogen and oxygen atoms in total. The van der Waals surface area contributed by atoms with Gasteiger partial charge in [0, 0.05) is 37.2 Å². The number of rotatable bonds is 2. The highest BCUT2D eigenvalue weighted by atomic mass is 32.1. The molecule has 182 valence electrons. The molecule has 0 aliphatic rings. The quantitative estimate of drug-likeness (QED) is 0.229. The lowest BCUT2D eigenvalue weighted by molar-refractivity contribution is 0.669. The summed E-state index contributed by atoms with van der Waals surface area (Å²) in [7, 11) is 0. The van der Waals surface area contributed by atoms with Crippen molar-refractivity contribution >= 4 is 75.4 Å². The molecule has 0 N–H and O–H groups in total. The van der Waals surface area contributed by atoms with Gasteiger partial charge in [0.2, 0.25) is 0 Å². The number of thiophene rings is 1. The van der Waals surface area contributed by atoms with E-state index in [1.54, 1.807) is 11.3 Å². The zero-order valence-corrected chi connectivity index (χ0v) is 21.4. The third kappa shape index (κ3) is 2.88. The van der Waals surface area contributed by atoms with E-state index in [1.807, 2.05) is 30.3 Å². The zero-order chi connectivity index (χ0) is 25.5. The second-order valence-corrected chi connectivity index (χ2v) is 10.8. The van der Waals surface area contributed by atoms with E-state index in [4.69, 9.17) is 14.4 Å². The minimum Gasteiger partial charge on any atom is -0.456 e. The maximum absolute atomic E-state index is 6.28. The first kappa shape index (κ1) is 21.0. The number of hydrogen-bond acceptors (Lipinski definition) is 4. The third-order valence-electron chi connectivity index (χ3n) is 7.64. The molecule has 0 aliphatic carbocycles. The Morgan fingerprint density at radius 3 is 2.18 bits per heavy atom. The highest BCUT2D eigenvalue weighted by Gasteiger charge is 2.23. The highest BCUT2D eigenvalue weighted by Crippen LogP contribution is 2.43. The van der Waals surface area contributed by atoms with Crippen molar-refractivity contribution in [3.8, 4) is 17.2 Å². The molecule has 5 aromatic carbocycles. The van der Waals surface area contributed by atoms with Crippen molar-refractivity contribution in [2.24, 2.45) is 0 Å². The van der Waals surface area contributed by atoms with Gasteiger partial charge in [-0.1, -0.05) is 84.9 Å². The van der Waals surface area contributed by atoms with Crippen molar-refractivity contribution < 1.29 is 4.42 Å². The van der Waals surface area contributed by atoms with Gasteiger partial charge < -0.3 is 4.42 Å². The fraction of sp³-hybridized carbons (Fsp3) is 0. The fourth-order valence-corrected chi connectivity index (χ4v) is 7.06. The van der Waals surface area contributed by atoms with E-state index < -0.39 is 0 Å². The molecule has 0 unspecified atom stereocenters. The van der Waals surface area contributed by atoms with Gasteiger partial charge >= 0.3 is 0 Å². The van der Waals surface area contributed by atoms with E-state index in [0.29, 0.717) is 0 Å². The third-order valence-corrected chi connectivity index (χ3v) is 8.70. The number of benzene rings is 5. The number of furan rings is 1. The van der Waals surface area contributed by atoms with Crippen molar-refractivity contribution in [1.82, 2.24) is 14.5 Å². The Labute approximate surface area is 226 Å². The summed E-state index contributed by atoms with van der Waals surface area (Å²) in [5.41, 5.74) is 5.01. The molecule has 39 heavy (non-hydrogen) atoms. The molecule has 0 aliphatic heterocycles. The molecule has 0 atom stereocenters. The second-order valence-electron chi connectivity index (χ2n) is 9.80. The first-order chi connectivity index (χ1) is 19.3. The van der Waals surface area contributed by atoms with Crippen LogP contribution in [0.4, 0.5) is 0 Å². The molecule has 9 aromatic rings. The van der Waals surface area contributed by atoms with Crippen LogP contribution in [-0.2, 0) is 0 Å². The minimum absolute atomic E-state index is 0.727. The average Bonchev–Trinajstić information content (AvgIpc) is 3.66. The highest BCUT2D eigenvalue weighted by molar-refractivity contribution is 7.25. The van der Waals surface area contributed by atoms with E-state index in [-0.39, 0.29) is 0 Å². The number of aromatic nitrogens is 3. The van der Waals surface area contributed by atoms with Gasteiger partial charge in [0.1, 0.15) is 16.0 Å². The average molecular weight is 518 g/mol. The lowest BCUT2D eigenvalue weighted by Crippen LogP contribution is -2.01. The van der Waals surface area contributed by atoms with Crippen molar-refractivity contribution in [1.29, 1.82) is 0 Å². The summed E-state index contributed by atoms with van der Waals surface area (Å²) >= 11 is 1.72. The van der Waals surface area contributed by atoms with Gasteiger partial charge in [0.05, 0.1) is 16.4 Å². The second kappa shape index (κ2) is 7.76. The maximum Gasteiger partial charge on any atom is 0.163 e. The van der Waals surface area contributed by atoms with Crippen molar-refractivity contribution in [3.63, 3.8) is 0 Å². The maximum atomic E-state index is 6.28. The summed E-state index contributed by atoms with van der Waals surface area (Å²) in [5, 5.41) is 6.88. The summed E-state index contributed by atoms with van der Waals surface area (Å²) in [6, 6.07) is 39.9. The van der Waals surface area contributed by atoms with Crippen LogP contribution in [-0.4, -0.2) is 14.5 Å². The van der Waals surface area contributed by atoms with Crippen LogP contribution in [0, 0.1) is 0 Å². The van der Waals surface area contributed by atoms with Gasteiger partial charge in [-0.25, -0.2) is 9.97 Å². The minimum atomic E-state index is 0.727. The molecule has 0 fully saturated rings. The van der Waals surface area contributed by atoms with E-state index in [1.165, 1.54) is 20.9 Å². The Bertz CT molecular complexity index is 2400. The molecular weight excluding hydrogens is 498 g/mol. The zero-order valence-electron chi connectivity index (χ0n) is 20.6. The van der Waals surface area contributed by atoms with Crippen LogP contribution in [0.2, 0.25) is 0 Å². The Morgan fingerprint density at radius 1 is 0.538 bits per heavy atom. The number of nitrogens with zero attached hydrogens (tertiary/aromatic N) is 3. The van der Waals surface area contributed by atoms with Gasteiger partial charge in [-0.15, -0.1) is 11.3 Å². The van der Waals surface area contributed by atoms with Crippen LogP contribution in [0.3, 0.4) is 0 Å². The van der Waals surface area contributed by atoms with Gasteiger partial charge in [0.15, 0.2) is 11.6 Å². The molecule has 0 saturated heterocycles. The predicted octanol–water partition coefficient (Wildman–Crippen LogP) is 9.51. The van der Waals surface area contributed by atoms with Crippen LogP contribution in [0.15, 0.2) is 120 Å². The van der Waals surface area contributed by atoms with Crippen LogP contribution in [0.1, 0.15) is 0 Å². The molecule has 0 spiro atoms. The Morgan fingerprint density at radius 2 is 1.28 bits per heavy atom. The van der Waals surface area contributed by atoms with E-state index in [0.717, 1.165) is 60.4 Å². The Balaban J connectivity index is 1.51. The molecule has 0 bridgehead atoms. The van der Waals surface area contributed by atoms with E-state index in [9.17, 15) is 0 Å². The lowest BCUT2D eigenvalue weighted by atomic mass is 10.1. The summed E-state index contributed by atoms with van der Waals surface area (Å²) in [4.78, 5) is 11.4. The van der Waals surface area contributed by atoms with Crippen LogP contribution in [0.5, 0.6) is 0 Å². The van der Waals surface area contributed by atoms with Gasteiger partial charge in [-0.2, -0.15) is 0 Å². The topological polar surface area (TPSA) is 43.9 Å². The standard InChI is InChI=1S/C34H19N3OS/c1-2-10-20(11-3-1)32-35-33(31-23-14-6-9-17-28(23)39-34(31)36-32)37-24-15-7-4-12-21(24)29-25(37)18-19-27-30(29)22-13-5-8-16-26(22)38-27/h1-19H. The van der Waals surface area contributed by atoms with Crippen molar-refractivity contribution in [2.45, 2.75) is 0 Å². The number of fused-ring (bicyclic) bond motifs is 10. The smallest absolute Gasteiger partial charge is 0.163 e. The molecule has 0 saturated carbocycles. The molecule has 9 rings (SSSR count). The van der Waals surface area contributed by atoms with E-state index in [2.05, 4.69) is 89.5 Å². The van der Waals surface area contributed by atoms with Gasteiger partial charge in [0.25, 0.3) is 0 Å². The normalized spacial score (nSPS) is 12.1. The van der Waals surface area contributed by atoms with Crippen molar-refractivity contribution in [2.75, 3.05) is 0 Å². The van der Waals surface area contributed by atoms with Crippen molar-refractivity contribution in [3.05, 3.63) is 115 Å². The first-order valence-corrected chi connectivity index (χ1v) is 13.8. The molecular formula is C34H19N3OS. The van der Waals surface area contributed by atoms with Crippen LogP contribution < -0.4 is 0 Å². The van der Waals surface area contributed by atoms with Crippen LogP contribution in [0.25, 0.3) is 81.3 Å². The summed E-state index contributed by atoms with van der Waals surface area (Å²) in [6.45, 7) is 0. The lowest BCUT2D eigenvalue weighted by Gasteiger charge is -2.11. The molecule has 5 heteroatoms. The van der Waals surface area contributed by atoms with Gasteiger partial charge in [-0.3, -0.25) is 4.57 Å². The molecule has 0 radical (unpaired) electrons. The monoisotopic (exact) mass is 517 g/mol. The molecule has 4 aromatic heterocycles. The Hall–Kier alpha value is -5.00. The largest absolute Gasteiger partial charge is 0.456 e. The summed E-state index contributed by atoms with van der Waals surface area (Å²) in [5.74, 6) is 1.63. The number of para-hydroxylation sites is 2. The van der Waals surface area contributed by atoms with Crippen LogP contribution >= 0.6 is 11.3 Å².